The second-order valence-electron chi connectivity index (χ2n) is 6.45. The Kier molecular flexibility index (Phi) is 4.46. The molecule has 2 aliphatic heterocycles. The molecular weight excluding hydrogens is 296 g/mol. The summed E-state index contributed by atoms with van der Waals surface area (Å²) in [6, 6.07) is 3.92. The Morgan fingerprint density at radius 2 is 2.09 bits per heavy atom. The van der Waals surface area contributed by atoms with E-state index in [1.165, 1.54) is 13.5 Å². The van der Waals surface area contributed by atoms with Crippen LogP contribution in [0.2, 0.25) is 0 Å². The fourth-order valence-electron chi connectivity index (χ4n) is 3.89. The molecule has 0 aliphatic carbocycles. The predicted molar refractivity (Wildman–Crippen MR) is 86.3 cm³/mol. The molecule has 0 bridgehead atoms. The highest BCUT2D eigenvalue weighted by Gasteiger charge is 2.39. The van der Waals surface area contributed by atoms with Crippen LogP contribution < -0.4 is 9.47 Å². The minimum Gasteiger partial charge on any atom is -0.497 e. The summed E-state index contributed by atoms with van der Waals surface area (Å²) in [6.07, 6.45) is 1.23. The van der Waals surface area contributed by atoms with Crippen molar-refractivity contribution in [2.24, 2.45) is 5.92 Å². The van der Waals surface area contributed by atoms with Crippen molar-refractivity contribution in [3.05, 3.63) is 23.3 Å². The molecule has 2 heterocycles. The van der Waals surface area contributed by atoms with Crippen LogP contribution in [-0.2, 0) is 6.54 Å². The van der Waals surface area contributed by atoms with E-state index in [0.717, 1.165) is 25.2 Å². The molecule has 0 radical (unpaired) electrons. The largest absolute Gasteiger partial charge is 0.497 e. The Hall–Kier alpha value is -1.79. The van der Waals surface area contributed by atoms with E-state index in [2.05, 4.69) is 16.8 Å². The van der Waals surface area contributed by atoms with E-state index < -0.39 is 5.97 Å². The van der Waals surface area contributed by atoms with Gasteiger partial charge in [-0.3, -0.25) is 4.90 Å². The number of fused-ring (bicyclic) bond motifs is 1. The Bertz CT molecular complexity index is 605. The molecule has 23 heavy (non-hydrogen) atoms. The van der Waals surface area contributed by atoms with E-state index in [0.29, 0.717) is 30.0 Å². The van der Waals surface area contributed by atoms with Gasteiger partial charge in [-0.1, -0.05) is 0 Å². The Balaban J connectivity index is 1.86. The summed E-state index contributed by atoms with van der Waals surface area (Å²) in [5.74, 6) is 0.819. The normalized spacial score (nSPS) is 24.7. The third-order valence-electron chi connectivity index (χ3n) is 5.15. The summed E-state index contributed by atoms with van der Waals surface area (Å²) < 4.78 is 10.6. The first kappa shape index (κ1) is 16.1. The number of aromatic carboxylic acids is 1. The van der Waals surface area contributed by atoms with Crippen LogP contribution in [0.25, 0.3) is 0 Å². The van der Waals surface area contributed by atoms with Crippen molar-refractivity contribution in [1.29, 1.82) is 0 Å². The summed E-state index contributed by atoms with van der Waals surface area (Å²) >= 11 is 0. The van der Waals surface area contributed by atoms with E-state index in [4.69, 9.17) is 9.47 Å². The van der Waals surface area contributed by atoms with Crippen molar-refractivity contribution in [1.82, 2.24) is 9.80 Å². The number of benzene rings is 1. The SMILES string of the molecule is COc1cc(OC)c(CN2C[C@H]3CCN(C)[C@H]3C2)c(C(=O)O)c1. The molecule has 0 spiro atoms. The Morgan fingerprint density at radius 3 is 2.70 bits per heavy atom. The van der Waals surface area contributed by atoms with Gasteiger partial charge in [-0.25, -0.2) is 4.79 Å². The monoisotopic (exact) mass is 320 g/mol. The molecule has 2 saturated heterocycles. The van der Waals surface area contributed by atoms with Gasteiger partial charge < -0.3 is 19.5 Å². The lowest BCUT2D eigenvalue weighted by Gasteiger charge is -2.22. The average molecular weight is 320 g/mol. The fraction of sp³-hybridized carbons (Fsp3) is 0.588. The van der Waals surface area contributed by atoms with Crippen molar-refractivity contribution in [3.63, 3.8) is 0 Å². The van der Waals surface area contributed by atoms with Gasteiger partial charge in [0.1, 0.15) is 11.5 Å². The lowest BCUT2D eigenvalue weighted by molar-refractivity contribution is 0.0693. The van der Waals surface area contributed by atoms with Gasteiger partial charge in [0.25, 0.3) is 0 Å². The minimum atomic E-state index is -0.950. The molecular formula is C17H24N2O4. The lowest BCUT2D eigenvalue weighted by atomic mass is 10.0. The van der Waals surface area contributed by atoms with Crippen LogP contribution in [-0.4, -0.2) is 67.8 Å². The third-order valence-corrected chi connectivity index (χ3v) is 5.15. The quantitative estimate of drug-likeness (QED) is 0.888. The minimum absolute atomic E-state index is 0.256. The van der Waals surface area contributed by atoms with E-state index in [1.807, 2.05) is 0 Å². The zero-order chi connectivity index (χ0) is 16.6. The van der Waals surface area contributed by atoms with Crippen LogP contribution in [0.5, 0.6) is 11.5 Å². The van der Waals surface area contributed by atoms with Gasteiger partial charge in [-0.2, -0.15) is 0 Å². The number of ether oxygens (including phenoxy) is 2. The molecule has 0 aromatic heterocycles. The van der Waals surface area contributed by atoms with Gasteiger partial charge >= 0.3 is 5.97 Å². The van der Waals surface area contributed by atoms with Gasteiger partial charge in [-0.15, -0.1) is 0 Å². The first-order valence-electron chi connectivity index (χ1n) is 7.94. The van der Waals surface area contributed by atoms with Gasteiger partial charge in [0, 0.05) is 37.3 Å². The number of likely N-dealkylation sites (tertiary alicyclic amines) is 2. The van der Waals surface area contributed by atoms with E-state index >= 15 is 0 Å². The number of rotatable bonds is 5. The Labute approximate surface area is 136 Å². The molecule has 2 fully saturated rings. The molecule has 3 rings (SSSR count). The van der Waals surface area contributed by atoms with Crippen molar-refractivity contribution >= 4 is 5.97 Å². The second kappa shape index (κ2) is 6.37. The van der Waals surface area contributed by atoms with Gasteiger partial charge in [0.05, 0.1) is 19.8 Å². The van der Waals surface area contributed by atoms with Crippen LogP contribution in [0.15, 0.2) is 12.1 Å². The number of hydrogen-bond donors (Lipinski definition) is 1. The maximum atomic E-state index is 11.6. The number of likely N-dealkylation sites (N-methyl/N-ethyl adjacent to an activating group) is 1. The van der Waals surface area contributed by atoms with Crippen LogP contribution >= 0.6 is 0 Å². The van der Waals surface area contributed by atoms with Gasteiger partial charge in [0.15, 0.2) is 0 Å². The first-order chi connectivity index (χ1) is 11.0. The molecule has 6 heteroatoms. The number of hydrogen-bond acceptors (Lipinski definition) is 5. The van der Waals surface area contributed by atoms with Crippen LogP contribution in [0.4, 0.5) is 0 Å². The summed E-state index contributed by atoms with van der Waals surface area (Å²) in [7, 11) is 5.26. The van der Waals surface area contributed by atoms with Crippen molar-refractivity contribution < 1.29 is 19.4 Å². The Morgan fingerprint density at radius 1 is 1.30 bits per heavy atom. The summed E-state index contributed by atoms with van der Waals surface area (Å²) in [4.78, 5) is 16.4. The fourth-order valence-corrected chi connectivity index (χ4v) is 3.89. The molecule has 2 atom stereocenters. The average Bonchev–Trinajstić information content (AvgIpc) is 3.09. The standard InChI is InChI=1S/C17H24N2O4/c1-18-5-4-11-8-19(10-15(11)18)9-14-13(17(20)21)6-12(22-2)7-16(14)23-3/h6-7,11,15H,4-5,8-10H2,1-3H3,(H,20,21)/t11-,15+/m1/s1. The smallest absolute Gasteiger partial charge is 0.336 e. The zero-order valence-electron chi connectivity index (χ0n) is 13.9. The summed E-state index contributed by atoms with van der Waals surface area (Å²) in [6.45, 7) is 3.75. The maximum absolute atomic E-state index is 11.6. The molecule has 0 amide bonds. The predicted octanol–water partition coefficient (Wildman–Crippen LogP) is 1.54. The summed E-state index contributed by atoms with van der Waals surface area (Å²) in [5.41, 5.74) is 0.982. The maximum Gasteiger partial charge on any atom is 0.336 e. The van der Waals surface area contributed by atoms with Gasteiger partial charge in [-0.05, 0) is 32.0 Å². The molecule has 2 aliphatic rings. The third kappa shape index (κ3) is 3.01. The number of carboxylic acids is 1. The first-order valence-corrected chi connectivity index (χ1v) is 7.94. The topological polar surface area (TPSA) is 62.2 Å². The molecule has 126 valence electrons. The van der Waals surface area contributed by atoms with E-state index in [9.17, 15) is 9.90 Å². The molecule has 0 saturated carbocycles. The second-order valence-corrected chi connectivity index (χ2v) is 6.45. The number of carbonyl (C=O) groups is 1. The van der Waals surface area contributed by atoms with E-state index in [-0.39, 0.29) is 5.56 Å². The van der Waals surface area contributed by atoms with Crippen LogP contribution in [0, 0.1) is 5.92 Å². The lowest BCUT2D eigenvalue weighted by Crippen LogP contribution is -2.32. The molecule has 6 nitrogen and oxygen atoms in total. The van der Waals surface area contributed by atoms with Crippen molar-refractivity contribution in [2.45, 2.75) is 19.0 Å². The number of methoxy groups -OCH3 is 2. The van der Waals surface area contributed by atoms with Gasteiger partial charge in [0.2, 0.25) is 0 Å². The van der Waals surface area contributed by atoms with Crippen molar-refractivity contribution in [2.75, 3.05) is 40.9 Å². The van der Waals surface area contributed by atoms with E-state index in [1.54, 1.807) is 19.2 Å². The summed E-state index contributed by atoms with van der Waals surface area (Å²) in [5, 5.41) is 9.55. The van der Waals surface area contributed by atoms with Crippen LogP contribution in [0.1, 0.15) is 22.3 Å². The highest BCUT2D eigenvalue weighted by molar-refractivity contribution is 5.91. The highest BCUT2D eigenvalue weighted by atomic mass is 16.5. The van der Waals surface area contributed by atoms with Crippen molar-refractivity contribution in [3.8, 4) is 11.5 Å². The molecule has 1 N–H and O–H groups in total. The molecule has 1 aromatic carbocycles. The molecule has 1 aromatic rings. The van der Waals surface area contributed by atoms with Crippen LogP contribution in [0.3, 0.4) is 0 Å². The highest BCUT2D eigenvalue weighted by Crippen LogP contribution is 2.34. The molecule has 0 unspecified atom stereocenters. The number of nitrogens with zero attached hydrogens (tertiary/aromatic N) is 2. The zero-order valence-corrected chi connectivity index (χ0v) is 13.9. The number of carboxylic acid groups (broad SMARTS) is 1.